The van der Waals surface area contributed by atoms with Crippen LogP contribution in [0.5, 0.6) is 0 Å². The van der Waals surface area contributed by atoms with Gasteiger partial charge >= 0.3 is 16.5 Å². The van der Waals surface area contributed by atoms with Crippen LogP contribution in [0.15, 0.2) is 73.1 Å². The summed E-state index contributed by atoms with van der Waals surface area (Å²) in [4.78, 5) is 4.98. The van der Waals surface area contributed by atoms with Crippen molar-refractivity contribution >= 4 is 0 Å². The van der Waals surface area contributed by atoms with Crippen LogP contribution in [0, 0.1) is 20.5 Å². The average molecular weight is 800 g/mol. The Kier molecular flexibility index (Phi) is 20.7. The van der Waals surface area contributed by atoms with E-state index in [-0.39, 0.29) is 16.5 Å². The Labute approximate surface area is 310 Å². The van der Waals surface area contributed by atoms with Crippen molar-refractivity contribution in [3.63, 3.8) is 0 Å². The van der Waals surface area contributed by atoms with Gasteiger partial charge in [0.05, 0.1) is 36.9 Å². The van der Waals surface area contributed by atoms with Gasteiger partial charge in [0.1, 0.15) is 0 Å². The van der Waals surface area contributed by atoms with Crippen LogP contribution in [-0.4, -0.2) is 92.1 Å². The summed E-state index contributed by atoms with van der Waals surface area (Å²) in [5, 5.41) is 24.9. The van der Waals surface area contributed by atoms with E-state index in [0.29, 0.717) is 0 Å². The Balaban J connectivity index is 0.000000723. The number of hydrogen-bond acceptors (Lipinski definition) is 16. The predicted octanol–water partition coefficient (Wildman–Crippen LogP) is -7.27. The summed E-state index contributed by atoms with van der Waals surface area (Å²) >= 11 is 0. The van der Waals surface area contributed by atoms with Crippen molar-refractivity contribution in [1.82, 2.24) is 50.4 Å². The minimum absolute atomic E-state index is 0. The molecular weight excluding hydrogens is 758 g/mol. The quantitative estimate of drug-likeness (QED) is 0.157. The largest absolute Gasteiger partial charge is 2.00 e. The molecule has 0 aliphatic carbocycles. The van der Waals surface area contributed by atoms with Gasteiger partial charge in [0, 0.05) is 39.3 Å². The molecule has 0 amide bonds. The van der Waals surface area contributed by atoms with Gasteiger partial charge in [-0.25, -0.2) is 46.6 Å². The first-order valence-electron chi connectivity index (χ1n) is 15.8. The molecule has 284 valence electrons. The molecule has 0 unspecified atom stereocenters. The van der Waals surface area contributed by atoms with Gasteiger partial charge in [-0.05, 0) is 50.1 Å². The molecule has 0 spiro atoms. The van der Waals surface area contributed by atoms with E-state index in [0.717, 1.165) is 103 Å². The molecule has 1 fully saturated rings. The minimum atomic E-state index is -4.94. The van der Waals surface area contributed by atoms with E-state index in [1.807, 2.05) is 21.5 Å². The molecule has 0 bridgehead atoms. The van der Waals surface area contributed by atoms with Crippen molar-refractivity contribution in [2.24, 2.45) is 0 Å². The molecule has 0 radical (unpaired) electrons. The van der Waals surface area contributed by atoms with Crippen LogP contribution in [0.1, 0.15) is 35.4 Å². The Bertz CT molecular complexity index is 1330. The van der Waals surface area contributed by atoms with Gasteiger partial charge in [-0.15, -0.1) is 30.7 Å². The molecule has 2 aromatic carbocycles. The molecular formula is C30H42Cl2N10NiO8. The number of nitrogens with zero attached hydrogens (tertiary/aromatic N) is 8. The molecule has 18 nitrogen and oxygen atoms in total. The summed E-state index contributed by atoms with van der Waals surface area (Å²) in [6.07, 6.45) is 6.37. The van der Waals surface area contributed by atoms with E-state index in [1.165, 1.54) is 11.1 Å². The van der Waals surface area contributed by atoms with Crippen LogP contribution in [0.2, 0.25) is 0 Å². The minimum Gasteiger partial charge on any atom is -0.315 e. The van der Waals surface area contributed by atoms with Gasteiger partial charge in [-0.2, -0.15) is 0 Å². The van der Waals surface area contributed by atoms with E-state index in [1.54, 1.807) is 0 Å². The normalized spacial score (nSPS) is 15.7. The SMILES string of the molecule is [Ni+2].[O-][Cl+3]([O-])([O-])[O-].[O-][Cl+3]([O-])([O-])[O-].c1ccc(Cn2cc(CN3CCCNCCN(Cc4cn(Cc5ccccc5)nn4)CCCNCC3)nn2)cc1. The zero-order valence-corrected chi connectivity index (χ0v) is 30.2. The van der Waals surface area contributed by atoms with Crippen LogP contribution in [0.25, 0.3) is 0 Å². The maximum atomic E-state index is 8.49. The fourth-order valence-corrected chi connectivity index (χ4v) is 5.10. The van der Waals surface area contributed by atoms with Crippen LogP contribution < -0.4 is 47.9 Å². The average Bonchev–Trinajstić information content (AvgIpc) is 3.68. The number of aromatic nitrogens is 6. The van der Waals surface area contributed by atoms with E-state index < -0.39 is 20.5 Å². The van der Waals surface area contributed by atoms with Crippen LogP contribution in [0.4, 0.5) is 0 Å². The number of nitrogens with one attached hydrogen (secondary N) is 2. The molecule has 4 aromatic rings. The third-order valence-electron chi connectivity index (χ3n) is 7.18. The third kappa shape index (κ3) is 22.8. The first-order valence-corrected chi connectivity index (χ1v) is 18.2. The topological polar surface area (TPSA) is 276 Å². The summed E-state index contributed by atoms with van der Waals surface area (Å²) in [7, 11) is -9.89. The van der Waals surface area contributed by atoms with Crippen LogP contribution >= 0.6 is 0 Å². The Hall–Kier alpha value is -2.69. The standard InChI is InChI=1S/C30H42N10.2ClHO4.Ni/c1-3-9-27(10-4-1)21-39-25-29(33-35-39)23-37-17-7-13-32-16-20-38(18-8-14-31-15-19-37)24-30-26-40(36-34-30)22-28-11-5-2-6-12-28;2*2-1(3,4)5;/h1-6,9-12,25-26,31-32H,7-8,13-24H2;2*(H,2,3,4,5);/q;;;+2/p-2. The summed E-state index contributed by atoms with van der Waals surface area (Å²) in [6.45, 7) is 11.2. The van der Waals surface area contributed by atoms with Gasteiger partial charge in [-0.1, -0.05) is 71.1 Å². The van der Waals surface area contributed by atoms with E-state index in [9.17, 15) is 0 Å². The molecule has 3 heterocycles. The predicted molar refractivity (Wildman–Crippen MR) is 157 cm³/mol. The van der Waals surface area contributed by atoms with Crippen molar-refractivity contribution in [1.29, 1.82) is 0 Å². The van der Waals surface area contributed by atoms with Gasteiger partial charge in [0.2, 0.25) is 0 Å². The zero-order valence-electron chi connectivity index (χ0n) is 27.7. The monoisotopic (exact) mass is 798 g/mol. The molecule has 0 saturated carbocycles. The summed E-state index contributed by atoms with van der Waals surface area (Å²) in [5.41, 5.74) is 4.53. The van der Waals surface area contributed by atoms with Crippen molar-refractivity contribution in [3.8, 4) is 0 Å². The maximum absolute atomic E-state index is 8.49. The second kappa shape index (κ2) is 23.8. The molecule has 21 heteroatoms. The van der Waals surface area contributed by atoms with Crippen molar-refractivity contribution in [2.45, 2.75) is 39.0 Å². The molecule has 51 heavy (non-hydrogen) atoms. The second-order valence-electron chi connectivity index (χ2n) is 11.3. The van der Waals surface area contributed by atoms with Gasteiger partial charge < -0.3 is 10.6 Å². The molecule has 2 aromatic heterocycles. The van der Waals surface area contributed by atoms with E-state index >= 15 is 0 Å². The first-order chi connectivity index (χ1) is 23.8. The van der Waals surface area contributed by atoms with Crippen molar-refractivity contribution < 1.29 is 74.2 Å². The fraction of sp³-hybridized carbons (Fsp3) is 0.467. The van der Waals surface area contributed by atoms with Gasteiger partial charge in [-0.3, -0.25) is 9.80 Å². The fourth-order valence-electron chi connectivity index (χ4n) is 5.10. The summed E-state index contributed by atoms with van der Waals surface area (Å²) < 4.78 is 71.8. The molecule has 0 atom stereocenters. The van der Waals surface area contributed by atoms with Crippen molar-refractivity contribution in [2.75, 3.05) is 52.4 Å². The Morgan fingerprint density at radius 1 is 0.510 bits per heavy atom. The molecule has 2 N–H and O–H groups in total. The maximum Gasteiger partial charge on any atom is 2.00 e. The second-order valence-corrected chi connectivity index (χ2v) is 12.8. The van der Waals surface area contributed by atoms with Crippen molar-refractivity contribution in [3.05, 3.63) is 95.6 Å². The molecule has 1 aliphatic heterocycles. The Morgan fingerprint density at radius 3 is 1.22 bits per heavy atom. The number of benzene rings is 2. The number of halogens is 2. The van der Waals surface area contributed by atoms with E-state index in [2.05, 4.69) is 102 Å². The van der Waals surface area contributed by atoms with E-state index in [4.69, 9.17) is 37.3 Å². The summed E-state index contributed by atoms with van der Waals surface area (Å²) in [5.74, 6) is 0. The molecule has 1 saturated heterocycles. The van der Waals surface area contributed by atoms with Crippen LogP contribution in [-0.2, 0) is 42.7 Å². The van der Waals surface area contributed by atoms with Crippen LogP contribution in [0.3, 0.4) is 0 Å². The molecule has 1 aliphatic rings. The zero-order chi connectivity index (χ0) is 36.2. The van der Waals surface area contributed by atoms with Gasteiger partial charge in [0.15, 0.2) is 0 Å². The number of rotatable bonds is 8. The smallest absolute Gasteiger partial charge is 0.315 e. The van der Waals surface area contributed by atoms with Gasteiger partial charge in [0.25, 0.3) is 0 Å². The molecule has 5 rings (SSSR count). The first kappa shape index (κ1) is 44.5. The Morgan fingerprint density at radius 2 is 0.863 bits per heavy atom. The number of hydrogen-bond donors (Lipinski definition) is 2. The summed E-state index contributed by atoms with van der Waals surface area (Å²) in [6, 6.07) is 20.8. The third-order valence-corrected chi connectivity index (χ3v) is 7.18.